The summed E-state index contributed by atoms with van der Waals surface area (Å²) >= 11 is 0. The largest absolute Gasteiger partial charge is 0.481 e. The summed E-state index contributed by atoms with van der Waals surface area (Å²) in [6.07, 6.45) is -7.29. The first kappa shape index (κ1) is 13.1. The lowest BCUT2D eigenvalue weighted by Crippen LogP contribution is -2.43. The van der Waals surface area contributed by atoms with Gasteiger partial charge in [0.15, 0.2) is 0 Å². The lowest BCUT2D eigenvalue weighted by Gasteiger charge is -2.25. The first-order valence-electron chi connectivity index (χ1n) is 3.38. The van der Waals surface area contributed by atoms with Gasteiger partial charge in [-0.2, -0.15) is 13.2 Å². The number of halogens is 5. The number of aliphatic hydroxyl groups excluding tert-OH is 1. The van der Waals surface area contributed by atoms with Gasteiger partial charge in [-0.15, -0.1) is 0 Å². The van der Waals surface area contributed by atoms with Crippen molar-refractivity contribution in [3.05, 3.63) is 0 Å². The monoisotopic (exact) mass is 222 g/mol. The van der Waals surface area contributed by atoms with E-state index in [4.69, 9.17) is 10.2 Å². The topological polar surface area (TPSA) is 57.5 Å². The summed E-state index contributed by atoms with van der Waals surface area (Å²) in [5, 5.41) is 16.0. The number of aliphatic hydroxyl groups is 1. The highest BCUT2D eigenvalue weighted by Crippen LogP contribution is 2.39. The molecule has 0 aromatic carbocycles. The van der Waals surface area contributed by atoms with Gasteiger partial charge in [0.1, 0.15) is 12.3 Å². The van der Waals surface area contributed by atoms with Crippen molar-refractivity contribution in [2.45, 2.75) is 18.5 Å². The zero-order chi connectivity index (χ0) is 11.6. The molecule has 14 heavy (non-hydrogen) atoms. The van der Waals surface area contributed by atoms with Gasteiger partial charge in [-0.05, 0) is 0 Å². The van der Waals surface area contributed by atoms with E-state index in [2.05, 4.69) is 0 Å². The van der Waals surface area contributed by atoms with Gasteiger partial charge in [0.2, 0.25) is 0 Å². The molecule has 0 amide bonds. The third-order valence-corrected chi connectivity index (χ3v) is 1.47. The molecule has 1 unspecified atom stereocenters. The van der Waals surface area contributed by atoms with Gasteiger partial charge in [-0.3, -0.25) is 4.79 Å². The summed E-state index contributed by atoms with van der Waals surface area (Å²) in [7, 11) is 0. The molecule has 0 radical (unpaired) electrons. The molecule has 1 atom stereocenters. The normalized spacial score (nSPS) is 15.3. The zero-order valence-electron chi connectivity index (χ0n) is 6.68. The maximum Gasteiger partial charge on any atom is 0.399 e. The fourth-order valence-corrected chi connectivity index (χ4v) is 0.801. The van der Waals surface area contributed by atoms with Gasteiger partial charge < -0.3 is 10.2 Å². The molecule has 0 bridgehead atoms. The Morgan fingerprint density at radius 3 is 1.86 bits per heavy atom. The second kappa shape index (κ2) is 4.07. The van der Waals surface area contributed by atoms with E-state index < -0.39 is 37.0 Å². The minimum Gasteiger partial charge on any atom is -0.481 e. The van der Waals surface area contributed by atoms with Crippen LogP contribution in [0.15, 0.2) is 0 Å². The van der Waals surface area contributed by atoms with Crippen LogP contribution in [0.2, 0.25) is 0 Å². The molecule has 84 valence electrons. The summed E-state index contributed by atoms with van der Waals surface area (Å²) in [5.41, 5.74) is 0. The molecule has 0 saturated carbocycles. The van der Waals surface area contributed by atoms with E-state index in [0.29, 0.717) is 0 Å². The summed E-state index contributed by atoms with van der Waals surface area (Å²) in [5.74, 6) is -9.90. The lowest BCUT2D eigenvalue weighted by molar-refractivity contribution is -0.250. The van der Waals surface area contributed by atoms with Crippen molar-refractivity contribution in [2.24, 2.45) is 5.92 Å². The Balaban J connectivity index is 4.74. The van der Waals surface area contributed by atoms with Crippen LogP contribution in [0, 0.1) is 5.92 Å². The molecule has 0 fully saturated rings. The molecule has 0 aromatic heterocycles. The summed E-state index contributed by atoms with van der Waals surface area (Å²) in [6.45, 7) is -1.84. The number of carbonyl (C=O) groups is 1. The van der Waals surface area contributed by atoms with Gasteiger partial charge in [0.25, 0.3) is 5.92 Å². The van der Waals surface area contributed by atoms with Crippen molar-refractivity contribution in [1.82, 2.24) is 0 Å². The van der Waals surface area contributed by atoms with Crippen LogP contribution >= 0.6 is 0 Å². The van der Waals surface area contributed by atoms with Gasteiger partial charge in [-0.25, -0.2) is 8.78 Å². The Morgan fingerprint density at radius 1 is 1.21 bits per heavy atom. The molecule has 0 heterocycles. The quantitative estimate of drug-likeness (QED) is 0.704. The van der Waals surface area contributed by atoms with Crippen LogP contribution in [0.25, 0.3) is 0 Å². The molecule has 0 saturated heterocycles. The Kier molecular flexibility index (Phi) is 3.81. The number of hydrogen-bond donors (Lipinski definition) is 2. The van der Waals surface area contributed by atoms with Crippen molar-refractivity contribution in [2.75, 3.05) is 6.61 Å². The van der Waals surface area contributed by atoms with Crippen LogP contribution in [0.3, 0.4) is 0 Å². The average molecular weight is 222 g/mol. The van der Waals surface area contributed by atoms with Crippen LogP contribution < -0.4 is 0 Å². The molecule has 8 heteroatoms. The zero-order valence-corrected chi connectivity index (χ0v) is 6.68. The Morgan fingerprint density at radius 2 is 1.64 bits per heavy atom. The number of hydrogen-bond acceptors (Lipinski definition) is 2. The first-order chi connectivity index (χ1) is 6.11. The molecule has 0 rings (SSSR count). The van der Waals surface area contributed by atoms with E-state index >= 15 is 0 Å². The Bertz CT molecular complexity index is 212. The van der Waals surface area contributed by atoms with E-state index in [9.17, 15) is 26.7 Å². The van der Waals surface area contributed by atoms with Crippen LogP contribution in [-0.4, -0.2) is 34.9 Å². The third kappa shape index (κ3) is 3.44. The smallest absolute Gasteiger partial charge is 0.399 e. The molecule has 0 spiro atoms. The van der Waals surface area contributed by atoms with Crippen molar-refractivity contribution in [1.29, 1.82) is 0 Å². The Hall–Kier alpha value is -0.920. The minimum atomic E-state index is -5.33. The fourth-order valence-electron chi connectivity index (χ4n) is 0.801. The SMILES string of the molecule is O=C(O)CC(F)(F)C(CO)C(F)(F)F. The molecular weight excluding hydrogens is 215 g/mol. The molecule has 2 N–H and O–H groups in total. The lowest BCUT2D eigenvalue weighted by atomic mass is 9.99. The predicted octanol–water partition coefficient (Wildman–Crippen LogP) is 1.27. The Labute approximate surface area is 75.1 Å². The molecule has 0 aliphatic heterocycles. The van der Waals surface area contributed by atoms with E-state index in [1.54, 1.807) is 0 Å². The van der Waals surface area contributed by atoms with E-state index in [-0.39, 0.29) is 0 Å². The van der Waals surface area contributed by atoms with E-state index in [0.717, 1.165) is 0 Å². The molecule has 3 nitrogen and oxygen atoms in total. The van der Waals surface area contributed by atoms with Gasteiger partial charge in [0.05, 0.1) is 6.61 Å². The summed E-state index contributed by atoms with van der Waals surface area (Å²) < 4.78 is 60.6. The first-order valence-corrected chi connectivity index (χ1v) is 3.38. The van der Waals surface area contributed by atoms with Crippen molar-refractivity contribution >= 4 is 5.97 Å². The minimum absolute atomic E-state index is 1.84. The van der Waals surface area contributed by atoms with Gasteiger partial charge in [0, 0.05) is 0 Å². The number of aliphatic carboxylic acids is 1. The van der Waals surface area contributed by atoms with Crippen LogP contribution in [-0.2, 0) is 4.79 Å². The maximum absolute atomic E-state index is 12.6. The number of carboxylic acids is 1. The highest BCUT2D eigenvalue weighted by molar-refractivity contribution is 5.67. The van der Waals surface area contributed by atoms with Crippen molar-refractivity contribution in [3.8, 4) is 0 Å². The molecule has 0 aliphatic carbocycles. The van der Waals surface area contributed by atoms with Gasteiger partial charge in [-0.1, -0.05) is 0 Å². The van der Waals surface area contributed by atoms with Crippen molar-refractivity contribution < 1.29 is 37.0 Å². The fraction of sp³-hybridized carbons (Fsp3) is 0.833. The van der Waals surface area contributed by atoms with Crippen LogP contribution in [0.4, 0.5) is 22.0 Å². The second-order valence-electron chi connectivity index (χ2n) is 2.61. The molecule has 0 aromatic rings. The third-order valence-electron chi connectivity index (χ3n) is 1.47. The molecule has 0 aliphatic rings. The maximum atomic E-state index is 12.6. The standard InChI is InChI=1S/C6H7F5O3/c7-5(8,1-4(13)14)3(2-12)6(9,10)11/h3,12H,1-2H2,(H,13,14). The van der Waals surface area contributed by atoms with Crippen molar-refractivity contribution in [3.63, 3.8) is 0 Å². The van der Waals surface area contributed by atoms with E-state index in [1.165, 1.54) is 0 Å². The summed E-state index contributed by atoms with van der Waals surface area (Å²) in [6, 6.07) is 0. The number of rotatable bonds is 4. The predicted molar refractivity (Wildman–Crippen MR) is 33.8 cm³/mol. The second-order valence-corrected chi connectivity index (χ2v) is 2.61. The average Bonchev–Trinajstić information content (AvgIpc) is 1.79. The molecular formula is C6H7F5O3. The highest BCUT2D eigenvalue weighted by Gasteiger charge is 2.56. The highest BCUT2D eigenvalue weighted by atomic mass is 19.4. The van der Waals surface area contributed by atoms with E-state index in [1.807, 2.05) is 0 Å². The van der Waals surface area contributed by atoms with Gasteiger partial charge >= 0.3 is 12.1 Å². The van der Waals surface area contributed by atoms with Crippen LogP contribution in [0.1, 0.15) is 6.42 Å². The number of carboxylic acid groups (broad SMARTS) is 1. The number of alkyl halides is 5. The van der Waals surface area contributed by atoms with Crippen LogP contribution in [0.5, 0.6) is 0 Å². The summed E-state index contributed by atoms with van der Waals surface area (Å²) in [4.78, 5) is 9.83.